The van der Waals surface area contributed by atoms with Crippen LogP contribution in [0.15, 0.2) is 67.4 Å². The van der Waals surface area contributed by atoms with Gasteiger partial charge in [-0.3, -0.25) is 4.79 Å². The molecule has 28 heavy (non-hydrogen) atoms. The normalized spacial score (nSPS) is 16.6. The molecule has 8 heteroatoms. The Hall–Kier alpha value is -3.68. The molecule has 1 fully saturated rings. The number of amides is 1. The topological polar surface area (TPSA) is 80.4 Å². The third-order valence-electron chi connectivity index (χ3n) is 4.97. The van der Waals surface area contributed by atoms with E-state index < -0.39 is 0 Å². The van der Waals surface area contributed by atoms with Crippen LogP contribution in [-0.4, -0.2) is 49.2 Å². The summed E-state index contributed by atoms with van der Waals surface area (Å²) in [4.78, 5) is 23.5. The van der Waals surface area contributed by atoms with Gasteiger partial charge in [0.2, 0.25) is 5.82 Å². The highest BCUT2D eigenvalue weighted by atomic mass is 16.2. The number of rotatable bonds is 4. The van der Waals surface area contributed by atoms with Crippen LogP contribution < -0.4 is 10.2 Å². The molecule has 3 aromatic heterocycles. The van der Waals surface area contributed by atoms with E-state index in [1.54, 1.807) is 17.2 Å². The molecule has 4 aromatic rings. The number of benzene rings is 1. The van der Waals surface area contributed by atoms with Gasteiger partial charge in [0.1, 0.15) is 6.33 Å². The Morgan fingerprint density at radius 3 is 2.86 bits per heavy atom. The maximum Gasteiger partial charge on any atom is 0.291 e. The summed E-state index contributed by atoms with van der Waals surface area (Å²) < 4.78 is 3.65. The summed E-state index contributed by atoms with van der Waals surface area (Å²) in [5.74, 6) is 0.861. The summed E-state index contributed by atoms with van der Waals surface area (Å²) in [6.07, 6.45) is 8.15. The molecule has 1 aliphatic rings. The molecule has 8 nitrogen and oxygen atoms in total. The van der Waals surface area contributed by atoms with Gasteiger partial charge in [-0.25, -0.2) is 14.6 Å². The zero-order valence-electron chi connectivity index (χ0n) is 15.1. The summed E-state index contributed by atoms with van der Waals surface area (Å²) in [5, 5.41) is 7.35. The molecule has 1 aliphatic heterocycles. The van der Waals surface area contributed by atoms with Crippen molar-refractivity contribution in [3.63, 3.8) is 0 Å². The number of nitrogens with zero attached hydrogens (tertiary/aromatic N) is 6. The van der Waals surface area contributed by atoms with Gasteiger partial charge < -0.3 is 14.6 Å². The van der Waals surface area contributed by atoms with E-state index in [9.17, 15) is 4.79 Å². The lowest BCUT2D eigenvalue weighted by molar-refractivity contribution is 0.0930. The van der Waals surface area contributed by atoms with Gasteiger partial charge in [0, 0.05) is 37.7 Å². The molecule has 5 rings (SSSR count). The van der Waals surface area contributed by atoms with E-state index in [2.05, 4.69) is 25.3 Å². The molecular weight excluding hydrogens is 354 g/mol. The standard InChI is InChI=1S/C20H19N7O/c28-20(18-22-14-27(24-18)16-5-2-1-3-6-16)23-15-8-11-26(13-15)19-17-7-4-10-25(17)12-9-21-19/h1-7,9-10,12,14-15H,8,11,13H2,(H,23,28). The molecule has 0 spiro atoms. The van der Waals surface area contributed by atoms with E-state index >= 15 is 0 Å². The minimum Gasteiger partial charge on any atom is -0.353 e. The minimum absolute atomic E-state index is 0.0354. The molecular formula is C20H19N7O. The number of hydrogen-bond donors (Lipinski definition) is 1. The fourth-order valence-electron chi connectivity index (χ4n) is 3.59. The highest BCUT2D eigenvalue weighted by Crippen LogP contribution is 2.23. The molecule has 0 saturated carbocycles. The summed E-state index contributed by atoms with van der Waals surface area (Å²) >= 11 is 0. The number of hydrogen-bond acceptors (Lipinski definition) is 5. The highest BCUT2D eigenvalue weighted by molar-refractivity contribution is 5.90. The third kappa shape index (κ3) is 2.98. The van der Waals surface area contributed by atoms with Crippen LogP contribution in [0.25, 0.3) is 11.2 Å². The lowest BCUT2D eigenvalue weighted by Crippen LogP contribution is -2.37. The number of aromatic nitrogens is 5. The van der Waals surface area contributed by atoms with Crippen LogP contribution in [0, 0.1) is 0 Å². The lowest BCUT2D eigenvalue weighted by Gasteiger charge is -2.18. The largest absolute Gasteiger partial charge is 0.353 e. The van der Waals surface area contributed by atoms with Crippen LogP contribution >= 0.6 is 0 Å². The monoisotopic (exact) mass is 373 g/mol. The Labute approximate surface area is 161 Å². The quantitative estimate of drug-likeness (QED) is 0.591. The molecule has 1 atom stereocenters. The van der Waals surface area contributed by atoms with E-state index in [1.807, 2.05) is 59.3 Å². The Bertz CT molecular complexity index is 1120. The van der Waals surface area contributed by atoms with E-state index in [0.717, 1.165) is 30.0 Å². The zero-order valence-corrected chi connectivity index (χ0v) is 15.1. The third-order valence-corrected chi connectivity index (χ3v) is 4.97. The molecule has 1 N–H and O–H groups in total. The first kappa shape index (κ1) is 16.5. The number of nitrogens with one attached hydrogen (secondary N) is 1. The summed E-state index contributed by atoms with van der Waals surface area (Å²) in [5.41, 5.74) is 1.94. The Morgan fingerprint density at radius 2 is 1.96 bits per heavy atom. The SMILES string of the molecule is O=C(NC1CCN(c2nccn3cccc23)C1)c1ncn(-c2ccccc2)n1. The lowest BCUT2D eigenvalue weighted by atomic mass is 10.2. The highest BCUT2D eigenvalue weighted by Gasteiger charge is 2.27. The van der Waals surface area contributed by atoms with Crippen molar-refractivity contribution in [2.45, 2.75) is 12.5 Å². The number of para-hydroxylation sites is 1. The van der Waals surface area contributed by atoms with Crippen LogP contribution in [0.2, 0.25) is 0 Å². The predicted molar refractivity (Wildman–Crippen MR) is 105 cm³/mol. The van der Waals surface area contributed by atoms with Crippen molar-refractivity contribution in [1.82, 2.24) is 29.5 Å². The Morgan fingerprint density at radius 1 is 1.07 bits per heavy atom. The summed E-state index contributed by atoms with van der Waals surface area (Å²) in [7, 11) is 0. The van der Waals surface area contributed by atoms with E-state index in [-0.39, 0.29) is 17.8 Å². The van der Waals surface area contributed by atoms with Gasteiger partial charge in [0.05, 0.1) is 11.2 Å². The van der Waals surface area contributed by atoms with Crippen molar-refractivity contribution >= 4 is 17.2 Å². The van der Waals surface area contributed by atoms with Crippen LogP contribution in [0.5, 0.6) is 0 Å². The van der Waals surface area contributed by atoms with Crippen LogP contribution in [-0.2, 0) is 0 Å². The average Bonchev–Trinajstić information content (AvgIpc) is 3.48. The average molecular weight is 373 g/mol. The van der Waals surface area contributed by atoms with Crippen LogP contribution in [0.3, 0.4) is 0 Å². The molecule has 1 unspecified atom stereocenters. The van der Waals surface area contributed by atoms with E-state index in [4.69, 9.17) is 0 Å². The van der Waals surface area contributed by atoms with E-state index in [1.165, 1.54) is 0 Å². The van der Waals surface area contributed by atoms with Crippen molar-refractivity contribution < 1.29 is 4.79 Å². The van der Waals surface area contributed by atoms with Gasteiger partial charge in [-0.05, 0) is 30.7 Å². The molecule has 0 aliphatic carbocycles. The fourth-order valence-corrected chi connectivity index (χ4v) is 3.59. The first-order valence-corrected chi connectivity index (χ1v) is 9.22. The second-order valence-corrected chi connectivity index (χ2v) is 6.80. The van der Waals surface area contributed by atoms with Crippen LogP contribution in [0.1, 0.15) is 17.0 Å². The molecule has 0 radical (unpaired) electrons. The Balaban J connectivity index is 1.27. The van der Waals surface area contributed by atoms with Crippen molar-refractivity contribution in [3.05, 3.63) is 73.2 Å². The first-order valence-electron chi connectivity index (χ1n) is 9.22. The minimum atomic E-state index is -0.254. The summed E-state index contributed by atoms with van der Waals surface area (Å²) in [6.45, 7) is 1.55. The number of carbonyl (C=O) groups is 1. The van der Waals surface area contributed by atoms with Crippen molar-refractivity contribution in [2.75, 3.05) is 18.0 Å². The molecule has 1 saturated heterocycles. The van der Waals surface area contributed by atoms with Crippen molar-refractivity contribution in [3.8, 4) is 5.69 Å². The molecule has 1 amide bonds. The number of anilines is 1. The van der Waals surface area contributed by atoms with Gasteiger partial charge in [0.15, 0.2) is 5.82 Å². The maximum atomic E-state index is 12.6. The molecule has 1 aromatic carbocycles. The summed E-state index contributed by atoms with van der Waals surface area (Å²) in [6, 6.07) is 13.7. The van der Waals surface area contributed by atoms with Gasteiger partial charge in [0.25, 0.3) is 5.91 Å². The second kappa shape index (κ2) is 6.80. The number of carbonyl (C=O) groups excluding carboxylic acids is 1. The van der Waals surface area contributed by atoms with Crippen LogP contribution in [0.4, 0.5) is 5.82 Å². The molecule has 0 bridgehead atoms. The van der Waals surface area contributed by atoms with Crippen molar-refractivity contribution in [2.24, 2.45) is 0 Å². The van der Waals surface area contributed by atoms with Gasteiger partial charge in [-0.2, -0.15) is 0 Å². The number of fused-ring (bicyclic) bond motifs is 1. The molecule has 4 heterocycles. The van der Waals surface area contributed by atoms with E-state index in [0.29, 0.717) is 6.54 Å². The predicted octanol–water partition coefficient (Wildman–Crippen LogP) is 1.92. The smallest absolute Gasteiger partial charge is 0.291 e. The fraction of sp³-hybridized carbons (Fsp3) is 0.200. The second-order valence-electron chi connectivity index (χ2n) is 6.80. The maximum absolute atomic E-state index is 12.6. The van der Waals surface area contributed by atoms with Gasteiger partial charge >= 0.3 is 0 Å². The first-order chi connectivity index (χ1) is 13.8. The Kier molecular flexibility index (Phi) is 4.01. The zero-order chi connectivity index (χ0) is 18.9. The van der Waals surface area contributed by atoms with Gasteiger partial charge in [-0.1, -0.05) is 18.2 Å². The van der Waals surface area contributed by atoms with Crippen molar-refractivity contribution in [1.29, 1.82) is 0 Å². The van der Waals surface area contributed by atoms with Gasteiger partial charge in [-0.15, -0.1) is 5.10 Å². The molecule has 140 valence electrons.